The fourth-order valence-electron chi connectivity index (χ4n) is 1.23. The van der Waals surface area contributed by atoms with Crippen molar-refractivity contribution < 1.29 is 4.74 Å². The number of terminal acetylenes is 1. The van der Waals surface area contributed by atoms with Gasteiger partial charge in [-0.05, 0) is 24.9 Å². The predicted molar refractivity (Wildman–Crippen MR) is 67.2 cm³/mol. The Labute approximate surface area is 106 Å². The molecule has 1 atom stereocenters. The first kappa shape index (κ1) is 13.5. The van der Waals surface area contributed by atoms with Gasteiger partial charge in [-0.1, -0.05) is 19.3 Å². The Morgan fingerprint density at radius 3 is 2.76 bits per heavy atom. The van der Waals surface area contributed by atoms with Gasteiger partial charge in [-0.15, -0.1) is 6.42 Å². The molecule has 0 spiro atoms. The summed E-state index contributed by atoms with van der Waals surface area (Å²) >= 11 is 5.76. The molecule has 0 bridgehead atoms. The molecule has 1 aromatic rings. The van der Waals surface area contributed by atoms with Gasteiger partial charge in [0.1, 0.15) is 0 Å². The number of aromatic nitrogens is 3. The molecule has 0 aliphatic carbocycles. The zero-order valence-electron chi connectivity index (χ0n) is 9.90. The van der Waals surface area contributed by atoms with Gasteiger partial charge in [-0.25, -0.2) is 0 Å². The van der Waals surface area contributed by atoms with Crippen molar-refractivity contribution in [3.8, 4) is 18.4 Å². The minimum absolute atomic E-state index is 0.0817. The van der Waals surface area contributed by atoms with Crippen LogP contribution in [0.5, 0.6) is 6.01 Å². The fourth-order valence-corrected chi connectivity index (χ4v) is 1.38. The van der Waals surface area contributed by atoms with Crippen molar-refractivity contribution in [3.63, 3.8) is 0 Å². The van der Waals surface area contributed by atoms with Crippen LogP contribution >= 0.6 is 11.6 Å². The number of hydrogen-bond donors (Lipinski definition) is 1. The molecular formula is C11H15ClN4O. The second-order valence-electron chi connectivity index (χ2n) is 3.30. The first-order valence-electron chi connectivity index (χ1n) is 5.46. The molecule has 0 aliphatic heterocycles. The van der Waals surface area contributed by atoms with Crippen molar-refractivity contribution in [1.29, 1.82) is 0 Å². The average molecular weight is 255 g/mol. The molecule has 17 heavy (non-hydrogen) atoms. The van der Waals surface area contributed by atoms with Gasteiger partial charge in [-0.3, -0.25) is 0 Å². The molecule has 1 N–H and O–H groups in total. The lowest BCUT2D eigenvalue weighted by Gasteiger charge is -2.12. The van der Waals surface area contributed by atoms with Crippen molar-refractivity contribution in [2.75, 3.05) is 11.9 Å². The summed E-state index contributed by atoms with van der Waals surface area (Å²) in [4.78, 5) is 11.8. The summed E-state index contributed by atoms with van der Waals surface area (Å²) < 4.78 is 5.16. The number of halogens is 1. The van der Waals surface area contributed by atoms with Gasteiger partial charge in [0.15, 0.2) is 0 Å². The highest BCUT2D eigenvalue weighted by Crippen LogP contribution is 2.13. The summed E-state index contributed by atoms with van der Waals surface area (Å²) in [7, 11) is 0. The third-order valence-electron chi connectivity index (χ3n) is 1.94. The molecule has 6 heteroatoms. The second kappa shape index (κ2) is 6.92. The summed E-state index contributed by atoms with van der Waals surface area (Å²) in [6.07, 6.45) is 7.20. The van der Waals surface area contributed by atoms with Crippen LogP contribution < -0.4 is 10.1 Å². The van der Waals surface area contributed by atoms with E-state index in [1.54, 1.807) is 0 Å². The highest BCUT2D eigenvalue weighted by Gasteiger charge is 2.09. The Balaban J connectivity index is 2.79. The van der Waals surface area contributed by atoms with Crippen LogP contribution in [0.1, 0.15) is 26.7 Å². The molecule has 0 saturated heterocycles. The maximum atomic E-state index is 5.76. The molecule has 0 aromatic carbocycles. The van der Waals surface area contributed by atoms with Gasteiger partial charge < -0.3 is 10.1 Å². The summed E-state index contributed by atoms with van der Waals surface area (Å²) in [5.41, 5.74) is 0. The molecule has 0 radical (unpaired) electrons. The predicted octanol–water partition coefficient (Wildman–Crippen LogP) is 2.14. The van der Waals surface area contributed by atoms with E-state index < -0.39 is 0 Å². The van der Waals surface area contributed by atoms with Crippen molar-refractivity contribution in [3.05, 3.63) is 5.28 Å². The Bertz CT molecular complexity index is 405. The number of hydrogen-bond acceptors (Lipinski definition) is 5. The van der Waals surface area contributed by atoms with Crippen molar-refractivity contribution in [2.24, 2.45) is 0 Å². The van der Waals surface area contributed by atoms with E-state index in [9.17, 15) is 0 Å². The fraction of sp³-hybridized carbons (Fsp3) is 0.545. The second-order valence-corrected chi connectivity index (χ2v) is 3.63. The van der Waals surface area contributed by atoms with Gasteiger partial charge in [-0.2, -0.15) is 15.0 Å². The maximum Gasteiger partial charge on any atom is 0.322 e. The largest absolute Gasteiger partial charge is 0.464 e. The topological polar surface area (TPSA) is 59.9 Å². The van der Waals surface area contributed by atoms with Crippen LogP contribution in [0.4, 0.5) is 5.95 Å². The summed E-state index contributed by atoms with van der Waals surface area (Å²) in [6.45, 7) is 4.36. The Hall–Kier alpha value is -1.54. The van der Waals surface area contributed by atoms with Crippen LogP contribution in [0.3, 0.4) is 0 Å². The standard InChI is InChI=1S/C11H15ClN4O/c1-4-7-8(5-2)13-10-14-9(12)15-11(16-10)17-6-3/h2,8H,4,6-7H2,1,3H3,(H,13,14,15,16). The van der Waals surface area contributed by atoms with E-state index in [0.29, 0.717) is 12.6 Å². The Morgan fingerprint density at radius 2 is 2.18 bits per heavy atom. The minimum Gasteiger partial charge on any atom is -0.464 e. The van der Waals surface area contributed by atoms with Crippen LogP contribution in [-0.4, -0.2) is 27.6 Å². The number of nitrogens with one attached hydrogen (secondary N) is 1. The average Bonchev–Trinajstić information content (AvgIpc) is 2.28. The molecule has 92 valence electrons. The molecule has 1 rings (SSSR count). The van der Waals surface area contributed by atoms with Crippen molar-refractivity contribution in [1.82, 2.24) is 15.0 Å². The zero-order chi connectivity index (χ0) is 12.7. The maximum absolute atomic E-state index is 5.76. The van der Waals surface area contributed by atoms with E-state index >= 15 is 0 Å². The summed E-state index contributed by atoms with van der Waals surface area (Å²) in [5.74, 6) is 2.96. The van der Waals surface area contributed by atoms with E-state index in [2.05, 4.69) is 33.1 Å². The van der Waals surface area contributed by atoms with E-state index in [-0.39, 0.29) is 17.3 Å². The van der Waals surface area contributed by atoms with Crippen LogP contribution in [0, 0.1) is 12.3 Å². The number of rotatable bonds is 6. The molecule has 0 aliphatic rings. The highest BCUT2D eigenvalue weighted by molar-refractivity contribution is 6.28. The van der Waals surface area contributed by atoms with Crippen LogP contribution in [0.15, 0.2) is 0 Å². The van der Waals surface area contributed by atoms with Gasteiger partial charge in [0.2, 0.25) is 11.2 Å². The summed E-state index contributed by atoms with van der Waals surface area (Å²) in [5, 5.41) is 3.09. The third kappa shape index (κ3) is 4.45. The van der Waals surface area contributed by atoms with E-state index in [0.717, 1.165) is 12.8 Å². The zero-order valence-corrected chi connectivity index (χ0v) is 10.7. The van der Waals surface area contributed by atoms with E-state index in [1.807, 2.05) is 6.92 Å². The number of anilines is 1. The van der Waals surface area contributed by atoms with Crippen LogP contribution in [-0.2, 0) is 0 Å². The molecule has 0 saturated carbocycles. The minimum atomic E-state index is -0.118. The molecule has 0 fully saturated rings. The monoisotopic (exact) mass is 254 g/mol. The molecule has 1 aromatic heterocycles. The number of ether oxygens (including phenoxy) is 1. The van der Waals surface area contributed by atoms with Crippen LogP contribution in [0.2, 0.25) is 5.28 Å². The molecule has 1 unspecified atom stereocenters. The lowest BCUT2D eigenvalue weighted by molar-refractivity contribution is 0.312. The molecular weight excluding hydrogens is 240 g/mol. The highest BCUT2D eigenvalue weighted by atomic mass is 35.5. The lowest BCUT2D eigenvalue weighted by atomic mass is 10.2. The first-order valence-corrected chi connectivity index (χ1v) is 5.84. The molecule has 5 nitrogen and oxygen atoms in total. The van der Waals surface area contributed by atoms with Crippen molar-refractivity contribution in [2.45, 2.75) is 32.7 Å². The van der Waals surface area contributed by atoms with Gasteiger partial charge >= 0.3 is 6.01 Å². The van der Waals surface area contributed by atoms with E-state index in [4.69, 9.17) is 22.8 Å². The normalized spacial score (nSPS) is 11.6. The quantitative estimate of drug-likeness (QED) is 0.788. The van der Waals surface area contributed by atoms with Crippen LogP contribution in [0.25, 0.3) is 0 Å². The van der Waals surface area contributed by atoms with E-state index in [1.165, 1.54) is 0 Å². The number of nitrogens with zero attached hydrogens (tertiary/aromatic N) is 3. The smallest absolute Gasteiger partial charge is 0.322 e. The third-order valence-corrected chi connectivity index (χ3v) is 2.11. The Morgan fingerprint density at radius 1 is 1.41 bits per heavy atom. The van der Waals surface area contributed by atoms with Gasteiger partial charge in [0.25, 0.3) is 0 Å². The summed E-state index contributed by atoms with van der Waals surface area (Å²) in [6, 6.07) is 0.0789. The van der Waals surface area contributed by atoms with Gasteiger partial charge in [0, 0.05) is 0 Å². The Kier molecular flexibility index (Phi) is 5.50. The molecule has 0 amide bonds. The van der Waals surface area contributed by atoms with Crippen molar-refractivity contribution >= 4 is 17.5 Å². The lowest BCUT2D eigenvalue weighted by Crippen LogP contribution is -2.19. The molecule has 1 heterocycles. The van der Waals surface area contributed by atoms with Gasteiger partial charge in [0.05, 0.1) is 12.6 Å². The first-order chi connectivity index (χ1) is 8.19. The SMILES string of the molecule is C#CC(CCC)Nc1nc(Cl)nc(OCC)n1.